The molecule has 2 aromatic heterocycles. The zero-order valence-electron chi connectivity index (χ0n) is 18.9. The highest BCUT2D eigenvalue weighted by Crippen LogP contribution is 2.58. The third-order valence-electron chi connectivity index (χ3n) is 7.47. The molecule has 0 spiro atoms. The maximum absolute atomic E-state index is 15.2. The molecule has 2 unspecified atom stereocenters. The highest BCUT2D eigenvalue weighted by molar-refractivity contribution is 7.88. The van der Waals surface area contributed by atoms with Crippen LogP contribution in [0.1, 0.15) is 0 Å². The van der Waals surface area contributed by atoms with Gasteiger partial charge in [-0.3, -0.25) is 0 Å². The van der Waals surface area contributed by atoms with Gasteiger partial charge in [-0.1, -0.05) is 84.9 Å². The van der Waals surface area contributed by atoms with Crippen molar-refractivity contribution < 1.29 is 9.13 Å². The summed E-state index contributed by atoms with van der Waals surface area (Å²) in [5, 5.41) is 11.3. The van der Waals surface area contributed by atoms with E-state index in [4.69, 9.17) is 0 Å². The molecule has 0 aliphatic carbocycles. The third kappa shape index (κ3) is 2.44. The van der Waals surface area contributed by atoms with E-state index in [0.29, 0.717) is 0 Å². The fourth-order valence-corrected chi connectivity index (χ4v) is 15.3. The minimum absolute atomic E-state index is 0.849. The number of rotatable bonds is 2. The minimum atomic E-state index is -3.07. The van der Waals surface area contributed by atoms with Crippen molar-refractivity contribution in [3.8, 4) is 20.9 Å². The second kappa shape index (κ2) is 7.28. The van der Waals surface area contributed by atoms with Crippen LogP contribution in [0, 0.1) is 0 Å². The van der Waals surface area contributed by atoms with E-state index in [1.807, 2.05) is 83.6 Å². The monoisotopic (exact) mass is 536 g/mol. The molecular weight excluding hydrogens is 518 g/mol. The van der Waals surface area contributed by atoms with Crippen molar-refractivity contribution in [3.05, 3.63) is 108 Å². The molecule has 2 nitrogen and oxygen atoms in total. The minimum Gasteiger partial charge on any atom is -0.309 e. The highest BCUT2D eigenvalue weighted by Gasteiger charge is 2.46. The Bertz CT molecular complexity index is 1810. The van der Waals surface area contributed by atoms with Crippen LogP contribution in [-0.4, -0.2) is 0 Å². The van der Waals surface area contributed by atoms with Crippen LogP contribution in [0.5, 0.6) is 0 Å². The second-order valence-electron chi connectivity index (χ2n) is 9.18. The molecule has 4 aromatic carbocycles. The molecule has 36 heavy (non-hydrogen) atoms. The number of thiophene rings is 2. The lowest BCUT2D eigenvalue weighted by molar-refractivity contribution is 0.592. The van der Waals surface area contributed by atoms with Gasteiger partial charge in [-0.2, -0.15) is 0 Å². The Balaban J connectivity index is 1.52. The van der Waals surface area contributed by atoms with Crippen LogP contribution >= 0.6 is 37.0 Å². The van der Waals surface area contributed by atoms with E-state index >= 15 is 9.13 Å². The number of fused-ring (bicyclic) bond motifs is 9. The maximum Gasteiger partial charge on any atom is 0.173 e. The quantitative estimate of drug-likeness (QED) is 0.247. The Hall–Kier alpha value is -3.00. The fourth-order valence-electron chi connectivity index (χ4n) is 5.98. The van der Waals surface area contributed by atoms with E-state index in [1.54, 1.807) is 22.7 Å². The summed E-state index contributed by atoms with van der Waals surface area (Å²) in [7, 11) is -6.15. The summed E-state index contributed by atoms with van der Waals surface area (Å²) >= 11 is 3.30. The first-order valence-corrected chi connectivity index (χ1v) is 16.9. The van der Waals surface area contributed by atoms with Crippen LogP contribution < -0.4 is 31.8 Å². The van der Waals surface area contributed by atoms with E-state index < -0.39 is 14.3 Å². The molecule has 2 aliphatic rings. The molecule has 4 heterocycles. The lowest BCUT2D eigenvalue weighted by Crippen LogP contribution is -2.24. The van der Waals surface area contributed by atoms with Crippen molar-refractivity contribution in [1.82, 2.24) is 0 Å². The largest absolute Gasteiger partial charge is 0.309 e. The molecule has 2 atom stereocenters. The Labute approximate surface area is 216 Å². The Morgan fingerprint density at radius 2 is 0.889 bits per heavy atom. The zero-order valence-corrected chi connectivity index (χ0v) is 22.3. The molecule has 6 aromatic rings. The average Bonchev–Trinajstić information content (AvgIpc) is 3.70. The van der Waals surface area contributed by atoms with Crippen LogP contribution in [0.4, 0.5) is 0 Å². The van der Waals surface area contributed by atoms with Gasteiger partial charge in [0.15, 0.2) is 14.3 Å². The average molecular weight is 537 g/mol. The summed E-state index contributed by atoms with van der Waals surface area (Å²) in [5.41, 5.74) is 2.09. The number of hydrogen-bond donors (Lipinski definition) is 0. The van der Waals surface area contributed by atoms with Crippen LogP contribution in [-0.2, 0) is 9.13 Å². The Kier molecular flexibility index (Phi) is 4.27. The molecular formula is C30H18O2P2S2. The first-order chi connectivity index (χ1) is 17.6. The molecule has 2 aliphatic heterocycles. The number of hydrogen-bond acceptors (Lipinski definition) is 4. The first kappa shape index (κ1) is 21.1. The topological polar surface area (TPSA) is 34.1 Å². The van der Waals surface area contributed by atoms with Gasteiger partial charge in [0.2, 0.25) is 0 Å². The lowest BCUT2D eigenvalue weighted by atomic mass is 10.0. The van der Waals surface area contributed by atoms with Crippen LogP contribution in [0.25, 0.3) is 31.7 Å². The van der Waals surface area contributed by atoms with E-state index in [9.17, 15) is 0 Å². The van der Waals surface area contributed by atoms with Crippen LogP contribution in [0.3, 0.4) is 0 Å². The van der Waals surface area contributed by atoms with Crippen LogP contribution in [0.2, 0.25) is 0 Å². The van der Waals surface area contributed by atoms with Gasteiger partial charge in [-0.15, -0.1) is 22.7 Å². The van der Waals surface area contributed by atoms with E-state index in [0.717, 1.165) is 63.5 Å². The summed E-state index contributed by atoms with van der Waals surface area (Å²) in [4.78, 5) is 2.18. The summed E-state index contributed by atoms with van der Waals surface area (Å²) in [6.07, 6.45) is 0. The van der Waals surface area contributed by atoms with Gasteiger partial charge in [0, 0.05) is 52.7 Å². The van der Waals surface area contributed by atoms with Crippen molar-refractivity contribution in [2.75, 3.05) is 0 Å². The predicted molar refractivity (Wildman–Crippen MR) is 156 cm³/mol. The number of benzene rings is 4. The van der Waals surface area contributed by atoms with Crippen molar-refractivity contribution >= 4 is 79.6 Å². The van der Waals surface area contributed by atoms with Crippen molar-refractivity contribution in [2.24, 2.45) is 0 Å². The van der Waals surface area contributed by atoms with Gasteiger partial charge in [-0.05, 0) is 33.7 Å². The van der Waals surface area contributed by atoms with Gasteiger partial charge >= 0.3 is 0 Å². The van der Waals surface area contributed by atoms with Crippen molar-refractivity contribution in [1.29, 1.82) is 0 Å². The SMILES string of the molecule is O=P1(c2ccccc2)c2ccsc2-c2ccc3c4c(ccc3c21)-c1sccc1P4(=O)c1ccccc1. The Morgan fingerprint density at radius 1 is 0.472 bits per heavy atom. The van der Waals surface area contributed by atoms with Crippen molar-refractivity contribution in [2.45, 2.75) is 0 Å². The fraction of sp³-hybridized carbons (Fsp3) is 0. The standard InChI is InChI=1S/C30H18O2P2S2/c31-33(19-7-3-1-4-8-19)25-15-17-35-29(25)23-13-12-22-21(27(23)33)11-14-24-28(22)34(32,20-9-5-2-6-10-20)26-16-18-36-30(24)26/h1-18H. The molecule has 0 bridgehead atoms. The smallest absolute Gasteiger partial charge is 0.173 e. The van der Waals surface area contributed by atoms with Gasteiger partial charge < -0.3 is 9.13 Å². The molecule has 0 radical (unpaired) electrons. The summed E-state index contributed by atoms with van der Waals surface area (Å²) < 4.78 is 30.3. The third-order valence-corrected chi connectivity index (χ3v) is 16.0. The van der Waals surface area contributed by atoms with Gasteiger partial charge in [0.1, 0.15) is 0 Å². The van der Waals surface area contributed by atoms with Gasteiger partial charge in [-0.25, -0.2) is 0 Å². The molecule has 0 saturated carbocycles. The van der Waals surface area contributed by atoms with Gasteiger partial charge in [0.25, 0.3) is 0 Å². The summed E-state index contributed by atoms with van der Waals surface area (Å²) in [5.74, 6) is 0. The van der Waals surface area contributed by atoms with Crippen molar-refractivity contribution in [3.63, 3.8) is 0 Å². The molecule has 0 fully saturated rings. The molecule has 0 amide bonds. The zero-order chi connectivity index (χ0) is 24.1. The first-order valence-electron chi connectivity index (χ1n) is 11.7. The van der Waals surface area contributed by atoms with E-state index in [1.165, 1.54) is 0 Å². The molecule has 0 saturated heterocycles. The normalized spacial score (nSPS) is 21.2. The van der Waals surface area contributed by atoms with E-state index in [-0.39, 0.29) is 0 Å². The Morgan fingerprint density at radius 3 is 1.31 bits per heavy atom. The molecule has 0 N–H and O–H groups in total. The molecule has 8 rings (SSSR count). The van der Waals surface area contributed by atoms with Crippen LogP contribution in [0.15, 0.2) is 108 Å². The van der Waals surface area contributed by atoms with E-state index in [2.05, 4.69) is 24.3 Å². The predicted octanol–water partition coefficient (Wildman–Crippen LogP) is 6.20. The van der Waals surface area contributed by atoms with Gasteiger partial charge in [0.05, 0.1) is 0 Å². The highest BCUT2D eigenvalue weighted by atomic mass is 32.1. The molecule has 172 valence electrons. The maximum atomic E-state index is 15.2. The lowest BCUT2D eigenvalue weighted by Gasteiger charge is -2.20. The summed E-state index contributed by atoms with van der Waals surface area (Å²) in [6, 6.07) is 32.2. The summed E-state index contributed by atoms with van der Waals surface area (Å²) in [6.45, 7) is 0. The second-order valence-corrected chi connectivity index (χ2v) is 16.3. The molecule has 6 heteroatoms.